The van der Waals surface area contributed by atoms with Gasteiger partial charge in [0.1, 0.15) is 10.4 Å². The van der Waals surface area contributed by atoms with Gasteiger partial charge in [-0.25, -0.2) is 8.42 Å². The lowest BCUT2D eigenvalue weighted by Gasteiger charge is -2.12. The first kappa shape index (κ1) is 16.3. The lowest BCUT2D eigenvalue weighted by molar-refractivity contribution is 0.600. The Morgan fingerprint density at radius 2 is 2.14 bits per heavy atom. The largest absolute Gasteiger partial charge is 0.313 e. The minimum absolute atomic E-state index is 0.200. The highest BCUT2D eigenvalue weighted by Gasteiger charge is 2.21. The van der Waals surface area contributed by atoms with Gasteiger partial charge in [-0.3, -0.25) is 4.72 Å². The third kappa shape index (κ3) is 4.00. The highest BCUT2D eigenvalue weighted by molar-refractivity contribution is 9.10. The first-order valence-electron chi connectivity index (χ1n) is 6.22. The summed E-state index contributed by atoms with van der Waals surface area (Å²) >= 11 is 4.48. The van der Waals surface area contributed by atoms with E-state index in [1.54, 1.807) is 6.07 Å². The van der Waals surface area contributed by atoms with Gasteiger partial charge in [0.2, 0.25) is 5.13 Å². The molecule has 2 rings (SSSR count). The van der Waals surface area contributed by atoms with E-state index in [0.29, 0.717) is 11.0 Å². The number of anilines is 1. The second-order valence-electron chi connectivity index (χ2n) is 4.35. The van der Waals surface area contributed by atoms with Crippen molar-refractivity contribution in [3.05, 3.63) is 33.2 Å². The highest BCUT2D eigenvalue weighted by atomic mass is 79.9. The van der Waals surface area contributed by atoms with Crippen LogP contribution in [0.25, 0.3) is 0 Å². The molecule has 21 heavy (non-hydrogen) atoms. The predicted octanol–water partition coefficient (Wildman–Crippen LogP) is 2.52. The van der Waals surface area contributed by atoms with Gasteiger partial charge in [0.25, 0.3) is 10.0 Å². The number of nitrogens with zero attached hydrogens (tertiary/aromatic N) is 2. The summed E-state index contributed by atoms with van der Waals surface area (Å²) in [5.41, 5.74) is 3.25. The molecule has 1 heterocycles. The molecule has 0 aliphatic heterocycles. The van der Waals surface area contributed by atoms with Gasteiger partial charge in [0.05, 0.1) is 0 Å². The van der Waals surface area contributed by atoms with E-state index in [2.05, 4.69) is 36.2 Å². The molecule has 0 unspecified atom stereocenters. The van der Waals surface area contributed by atoms with Gasteiger partial charge in [0.15, 0.2) is 0 Å². The molecule has 2 N–H and O–H groups in total. The van der Waals surface area contributed by atoms with Gasteiger partial charge in [-0.05, 0) is 46.6 Å². The molecule has 1 aromatic carbocycles. The van der Waals surface area contributed by atoms with Crippen molar-refractivity contribution in [3.63, 3.8) is 0 Å². The second kappa shape index (κ2) is 6.82. The molecule has 0 aliphatic rings. The van der Waals surface area contributed by atoms with Crippen LogP contribution >= 0.6 is 27.3 Å². The fraction of sp³-hybridized carbons (Fsp3) is 0.333. The van der Waals surface area contributed by atoms with E-state index in [-0.39, 0.29) is 10.0 Å². The van der Waals surface area contributed by atoms with E-state index < -0.39 is 10.0 Å². The molecule has 1 aromatic heterocycles. The van der Waals surface area contributed by atoms with Gasteiger partial charge in [-0.15, -0.1) is 10.2 Å². The maximum atomic E-state index is 12.5. The molecule has 0 saturated heterocycles. The number of nitrogens with one attached hydrogen (secondary N) is 2. The number of rotatable bonds is 6. The van der Waals surface area contributed by atoms with Crippen LogP contribution < -0.4 is 10.0 Å². The minimum atomic E-state index is -3.70. The zero-order chi connectivity index (χ0) is 15.5. The number of benzene rings is 1. The Morgan fingerprint density at radius 3 is 2.76 bits per heavy atom. The SMILES string of the molecule is CCNCc1cc(C)c(Br)c(S(=O)(=O)Nc2nncs2)c1. The minimum Gasteiger partial charge on any atom is -0.313 e. The lowest BCUT2D eigenvalue weighted by atomic mass is 10.1. The normalized spacial score (nSPS) is 11.6. The van der Waals surface area contributed by atoms with Gasteiger partial charge < -0.3 is 5.32 Å². The molecule has 6 nitrogen and oxygen atoms in total. The van der Waals surface area contributed by atoms with Gasteiger partial charge in [0, 0.05) is 11.0 Å². The Hall–Kier alpha value is -1.03. The molecule has 0 fully saturated rings. The van der Waals surface area contributed by atoms with Crippen molar-refractivity contribution in [1.29, 1.82) is 0 Å². The topological polar surface area (TPSA) is 84.0 Å². The average molecular weight is 391 g/mol. The van der Waals surface area contributed by atoms with E-state index in [1.807, 2.05) is 19.9 Å². The van der Waals surface area contributed by atoms with Crippen molar-refractivity contribution in [3.8, 4) is 0 Å². The fourth-order valence-corrected chi connectivity index (χ4v) is 4.53. The van der Waals surface area contributed by atoms with Crippen LogP contribution in [0, 0.1) is 6.92 Å². The molecule has 114 valence electrons. The molecule has 9 heteroatoms. The number of aromatic nitrogens is 2. The van der Waals surface area contributed by atoms with E-state index in [4.69, 9.17) is 0 Å². The highest BCUT2D eigenvalue weighted by Crippen LogP contribution is 2.29. The van der Waals surface area contributed by atoms with Crippen LogP contribution in [0.1, 0.15) is 18.1 Å². The van der Waals surface area contributed by atoms with Gasteiger partial charge >= 0.3 is 0 Å². The summed E-state index contributed by atoms with van der Waals surface area (Å²) in [7, 11) is -3.70. The molecule has 0 radical (unpaired) electrons. The first-order valence-corrected chi connectivity index (χ1v) is 9.38. The Balaban J connectivity index is 2.39. The van der Waals surface area contributed by atoms with Crippen LogP contribution in [0.4, 0.5) is 5.13 Å². The number of aryl methyl sites for hydroxylation is 1. The molecule has 2 aromatic rings. The van der Waals surface area contributed by atoms with Crippen molar-refractivity contribution in [2.24, 2.45) is 0 Å². The molecular weight excluding hydrogens is 376 g/mol. The number of hydrogen-bond acceptors (Lipinski definition) is 6. The summed E-state index contributed by atoms with van der Waals surface area (Å²) in [6.07, 6.45) is 0. The molecule has 0 bridgehead atoms. The lowest BCUT2D eigenvalue weighted by Crippen LogP contribution is -2.16. The van der Waals surface area contributed by atoms with Crippen molar-refractivity contribution < 1.29 is 8.42 Å². The maximum Gasteiger partial charge on any atom is 0.264 e. The third-order valence-electron chi connectivity index (χ3n) is 2.73. The summed E-state index contributed by atoms with van der Waals surface area (Å²) in [5.74, 6) is 0. The smallest absolute Gasteiger partial charge is 0.264 e. The second-order valence-corrected chi connectivity index (χ2v) is 7.63. The molecule has 0 amide bonds. The van der Waals surface area contributed by atoms with Crippen molar-refractivity contribution in [1.82, 2.24) is 15.5 Å². The summed E-state index contributed by atoms with van der Waals surface area (Å²) in [6, 6.07) is 3.61. The zero-order valence-corrected chi connectivity index (χ0v) is 14.8. The molecule has 0 aliphatic carbocycles. The van der Waals surface area contributed by atoms with Gasteiger partial charge in [-0.1, -0.05) is 24.3 Å². The summed E-state index contributed by atoms with van der Waals surface area (Å²) in [6.45, 7) is 5.30. The Bertz CT molecular complexity index is 717. The van der Waals surface area contributed by atoms with Crippen LogP contribution in [0.3, 0.4) is 0 Å². The van der Waals surface area contributed by atoms with Crippen molar-refractivity contribution in [2.75, 3.05) is 11.3 Å². The predicted molar refractivity (Wildman–Crippen MR) is 87.0 cm³/mol. The summed E-state index contributed by atoms with van der Waals surface area (Å²) < 4.78 is 27.9. The fourth-order valence-electron chi connectivity index (χ4n) is 1.76. The van der Waals surface area contributed by atoms with Crippen LogP contribution in [-0.2, 0) is 16.6 Å². The standard InChI is InChI=1S/C12H15BrN4O2S2/c1-3-14-6-9-4-8(2)11(13)10(5-9)21(18,19)17-12-16-15-7-20-12/h4-5,7,14H,3,6H2,1-2H3,(H,16,17). The quantitative estimate of drug-likeness (QED) is 0.791. The zero-order valence-electron chi connectivity index (χ0n) is 11.6. The van der Waals surface area contributed by atoms with Gasteiger partial charge in [-0.2, -0.15) is 0 Å². The number of halogens is 1. The molecule has 0 spiro atoms. The Kier molecular flexibility index (Phi) is 5.31. The van der Waals surface area contributed by atoms with E-state index >= 15 is 0 Å². The van der Waals surface area contributed by atoms with Crippen molar-refractivity contribution in [2.45, 2.75) is 25.3 Å². The van der Waals surface area contributed by atoms with Crippen LogP contribution in [0.5, 0.6) is 0 Å². The number of hydrogen-bond donors (Lipinski definition) is 2. The first-order chi connectivity index (χ1) is 9.94. The van der Waals surface area contributed by atoms with Crippen LogP contribution in [0.2, 0.25) is 0 Å². The van der Waals surface area contributed by atoms with E-state index in [9.17, 15) is 8.42 Å². The average Bonchev–Trinajstić information content (AvgIpc) is 2.91. The summed E-state index contributed by atoms with van der Waals surface area (Å²) in [4.78, 5) is 0.200. The van der Waals surface area contributed by atoms with Crippen molar-refractivity contribution >= 4 is 42.4 Å². The van der Waals surface area contributed by atoms with E-state index in [0.717, 1.165) is 29.0 Å². The number of sulfonamides is 1. The monoisotopic (exact) mass is 390 g/mol. The Morgan fingerprint density at radius 1 is 1.38 bits per heavy atom. The third-order valence-corrected chi connectivity index (χ3v) is 6.15. The molecule has 0 saturated carbocycles. The molecule has 0 atom stereocenters. The molecular formula is C12H15BrN4O2S2. The van der Waals surface area contributed by atoms with Crippen LogP contribution in [0.15, 0.2) is 27.0 Å². The maximum absolute atomic E-state index is 12.5. The summed E-state index contributed by atoms with van der Waals surface area (Å²) in [5, 5.41) is 10.8. The Labute approximate surface area is 136 Å². The van der Waals surface area contributed by atoms with Crippen LogP contribution in [-0.4, -0.2) is 25.2 Å². The van der Waals surface area contributed by atoms with E-state index in [1.165, 1.54) is 5.51 Å².